The molecule has 0 bridgehead atoms. The number of nitrogens with zero attached hydrogens (tertiary/aromatic N) is 4. The molecule has 33 heavy (non-hydrogen) atoms. The summed E-state index contributed by atoms with van der Waals surface area (Å²) in [4.78, 5) is 29.0. The minimum Gasteiger partial charge on any atom is -0.381 e. The second kappa shape index (κ2) is 10.1. The predicted octanol–water partition coefficient (Wildman–Crippen LogP) is 5.13. The van der Waals surface area contributed by atoms with E-state index in [0.717, 1.165) is 60.0 Å². The Morgan fingerprint density at radius 3 is 2.61 bits per heavy atom. The molecule has 0 aliphatic heterocycles. The second-order valence-corrected chi connectivity index (χ2v) is 8.79. The quantitative estimate of drug-likeness (QED) is 0.465. The van der Waals surface area contributed by atoms with Crippen LogP contribution in [0.15, 0.2) is 41.8 Å². The number of nitrogens with one attached hydrogen (secondary N) is 2. The third kappa shape index (κ3) is 4.74. The van der Waals surface area contributed by atoms with E-state index >= 15 is 0 Å². The molecule has 0 saturated heterocycles. The van der Waals surface area contributed by atoms with E-state index in [4.69, 9.17) is 0 Å². The first-order valence-electron chi connectivity index (χ1n) is 11.9. The van der Waals surface area contributed by atoms with Crippen molar-refractivity contribution in [1.29, 1.82) is 0 Å². The zero-order valence-electron chi connectivity index (χ0n) is 19.5. The maximum Gasteiger partial charge on any atom is 0.255 e. The van der Waals surface area contributed by atoms with Gasteiger partial charge in [-0.15, -0.1) is 0 Å². The summed E-state index contributed by atoms with van der Waals surface area (Å²) in [5.41, 5.74) is 4.31. The van der Waals surface area contributed by atoms with Crippen molar-refractivity contribution in [2.75, 3.05) is 5.32 Å². The van der Waals surface area contributed by atoms with Crippen LogP contribution in [0.5, 0.6) is 0 Å². The SMILES string of the molecule is CCC(NC(=O)c1cnc2c(cnn2CC)c1NC1CCC(N=O)CC1)c1ccccc1C. The minimum atomic E-state index is -0.158. The molecule has 4 rings (SSSR count). The monoisotopic (exact) mass is 448 g/mol. The normalized spacial score (nSPS) is 19.2. The lowest BCUT2D eigenvalue weighted by Gasteiger charge is -2.28. The van der Waals surface area contributed by atoms with Crippen LogP contribution >= 0.6 is 0 Å². The number of benzene rings is 1. The molecular formula is C25H32N6O2. The Bertz CT molecular complexity index is 1130. The van der Waals surface area contributed by atoms with Gasteiger partial charge in [0.1, 0.15) is 0 Å². The Morgan fingerprint density at radius 1 is 1.18 bits per heavy atom. The standard InChI is InChI=1S/C25H32N6O2/c1-4-22(19-9-7-6-8-16(19)3)29-25(32)21-14-26-24-20(15-27-31(24)5-2)23(21)28-17-10-12-18(30-33)13-11-17/h6-9,14-15,17-18,22H,4-5,10-13H2,1-3H3,(H,26,28)(H,29,32). The molecule has 1 saturated carbocycles. The number of hydrogen-bond donors (Lipinski definition) is 2. The summed E-state index contributed by atoms with van der Waals surface area (Å²) in [6, 6.07) is 8.11. The fourth-order valence-electron chi connectivity index (χ4n) is 4.73. The fourth-order valence-corrected chi connectivity index (χ4v) is 4.73. The Balaban J connectivity index is 1.66. The predicted molar refractivity (Wildman–Crippen MR) is 130 cm³/mol. The Hall–Kier alpha value is -3.29. The molecule has 2 aromatic heterocycles. The summed E-state index contributed by atoms with van der Waals surface area (Å²) in [5, 5.41) is 15.3. The van der Waals surface area contributed by atoms with Crippen LogP contribution in [0.2, 0.25) is 0 Å². The summed E-state index contributed by atoms with van der Waals surface area (Å²) >= 11 is 0. The van der Waals surface area contributed by atoms with Crippen LogP contribution in [0.25, 0.3) is 11.0 Å². The average Bonchev–Trinajstić information content (AvgIpc) is 3.27. The maximum atomic E-state index is 13.5. The van der Waals surface area contributed by atoms with Crippen molar-refractivity contribution in [2.45, 2.75) is 77.5 Å². The summed E-state index contributed by atoms with van der Waals surface area (Å²) < 4.78 is 1.83. The number of amides is 1. The van der Waals surface area contributed by atoms with Crippen molar-refractivity contribution in [3.63, 3.8) is 0 Å². The van der Waals surface area contributed by atoms with Crippen molar-refractivity contribution >= 4 is 22.6 Å². The Kier molecular flexibility index (Phi) is 7.01. The lowest BCUT2D eigenvalue weighted by molar-refractivity contribution is 0.0936. The van der Waals surface area contributed by atoms with E-state index in [-0.39, 0.29) is 24.0 Å². The molecule has 0 spiro atoms. The van der Waals surface area contributed by atoms with Crippen molar-refractivity contribution in [2.24, 2.45) is 5.18 Å². The number of rotatable bonds is 8. The number of carbonyl (C=O) groups is 1. The van der Waals surface area contributed by atoms with Gasteiger partial charge in [0.25, 0.3) is 5.91 Å². The fraction of sp³-hybridized carbons (Fsp3) is 0.480. The summed E-state index contributed by atoms with van der Waals surface area (Å²) in [7, 11) is 0. The first-order valence-corrected chi connectivity index (χ1v) is 11.9. The van der Waals surface area contributed by atoms with E-state index in [1.54, 1.807) is 12.4 Å². The molecule has 1 aliphatic rings. The van der Waals surface area contributed by atoms with Gasteiger partial charge in [-0.1, -0.05) is 36.4 Å². The Labute approximate surface area is 194 Å². The number of hydrogen-bond acceptors (Lipinski definition) is 6. The van der Waals surface area contributed by atoms with Crippen LogP contribution in [0.3, 0.4) is 0 Å². The molecule has 8 heteroatoms. The van der Waals surface area contributed by atoms with E-state index in [2.05, 4.69) is 51.9 Å². The second-order valence-electron chi connectivity index (χ2n) is 8.79. The summed E-state index contributed by atoms with van der Waals surface area (Å²) in [6.45, 7) is 6.85. The zero-order chi connectivity index (χ0) is 23.4. The summed E-state index contributed by atoms with van der Waals surface area (Å²) in [5.74, 6) is -0.158. The number of aryl methyl sites for hydroxylation is 2. The highest BCUT2D eigenvalue weighted by atomic mass is 16.3. The number of fused-ring (bicyclic) bond motifs is 1. The molecule has 2 N–H and O–H groups in total. The average molecular weight is 449 g/mol. The first-order chi connectivity index (χ1) is 16.0. The van der Waals surface area contributed by atoms with Crippen molar-refractivity contribution < 1.29 is 4.79 Å². The lowest BCUT2D eigenvalue weighted by atomic mass is 9.91. The number of pyridine rings is 1. The number of carbonyl (C=O) groups excluding carboxylic acids is 1. The van der Waals surface area contributed by atoms with Crippen molar-refractivity contribution in [1.82, 2.24) is 20.1 Å². The van der Waals surface area contributed by atoms with Gasteiger partial charge in [-0.25, -0.2) is 9.67 Å². The molecule has 1 atom stereocenters. The molecular weight excluding hydrogens is 416 g/mol. The van der Waals surface area contributed by atoms with E-state index in [9.17, 15) is 9.70 Å². The highest BCUT2D eigenvalue weighted by Crippen LogP contribution is 2.31. The molecule has 174 valence electrons. The van der Waals surface area contributed by atoms with Crippen LogP contribution in [0, 0.1) is 11.8 Å². The van der Waals surface area contributed by atoms with Gasteiger partial charge in [-0.3, -0.25) is 4.79 Å². The lowest BCUT2D eigenvalue weighted by Crippen LogP contribution is -2.32. The molecule has 0 radical (unpaired) electrons. The third-order valence-corrected chi connectivity index (χ3v) is 6.68. The molecule has 2 heterocycles. The summed E-state index contributed by atoms with van der Waals surface area (Å²) in [6.07, 6.45) is 7.41. The number of aromatic nitrogens is 3. The Morgan fingerprint density at radius 2 is 1.94 bits per heavy atom. The van der Waals surface area contributed by atoms with Crippen molar-refractivity contribution in [3.8, 4) is 0 Å². The third-order valence-electron chi connectivity index (χ3n) is 6.68. The molecule has 1 aliphatic carbocycles. The molecule has 8 nitrogen and oxygen atoms in total. The van der Waals surface area contributed by atoms with Crippen LogP contribution < -0.4 is 10.6 Å². The topological polar surface area (TPSA) is 101 Å². The van der Waals surface area contributed by atoms with Gasteiger partial charge >= 0.3 is 0 Å². The minimum absolute atomic E-state index is 0.0882. The van der Waals surface area contributed by atoms with E-state index in [1.165, 1.54) is 0 Å². The van der Waals surface area contributed by atoms with Gasteiger partial charge in [0.15, 0.2) is 5.65 Å². The highest BCUT2D eigenvalue weighted by Gasteiger charge is 2.26. The zero-order valence-corrected chi connectivity index (χ0v) is 19.5. The van der Waals surface area contributed by atoms with E-state index < -0.39 is 0 Å². The largest absolute Gasteiger partial charge is 0.381 e. The first kappa shape index (κ1) is 22.9. The smallest absolute Gasteiger partial charge is 0.255 e. The van der Waals surface area contributed by atoms with Gasteiger partial charge in [-0.2, -0.15) is 10.0 Å². The van der Waals surface area contributed by atoms with Gasteiger partial charge in [0.05, 0.1) is 34.9 Å². The van der Waals surface area contributed by atoms with Crippen molar-refractivity contribution in [3.05, 3.63) is 58.3 Å². The molecule has 3 aromatic rings. The molecule has 1 aromatic carbocycles. The number of nitroso groups, excluding NO2 is 1. The van der Waals surface area contributed by atoms with Crippen LogP contribution in [-0.4, -0.2) is 32.8 Å². The number of anilines is 1. The van der Waals surface area contributed by atoms with Gasteiger partial charge in [-0.05, 0) is 57.1 Å². The van der Waals surface area contributed by atoms with E-state index in [0.29, 0.717) is 12.1 Å². The molecule has 1 amide bonds. The maximum absolute atomic E-state index is 13.5. The van der Waals surface area contributed by atoms with Gasteiger partial charge in [0, 0.05) is 18.8 Å². The molecule has 1 fully saturated rings. The van der Waals surface area contributed by atoms with Crippen LogP contribution in [0.4, 0.5) is 5.69 Å². The molecule has 1 unspecified atom stereocenters. The van der Waals surface area contributed by atoms with Gasteiger partial charge < -0.3 is 10.6 Å². The highest BCUT2D eigenvalue weighted by molar-refractivity contribution is 6.06. The van der Waals surface area contributed by atoms with E-state index in [1.807, 2.05) is 23.7 Å². The van der Waals surface area contributed by atoms with Crippen LogP contribution in [0.1, 0.15) is 73.5 Å². The van der Waals surface area contributed by atoms with Gasteiger partial charge in [0.2, 0.25) is 0 Å². The van der Waals surface area contributed by atoms with Crippen LogP contribution in [-0.2, 0) is 6.54 Å².